The van der Waals surface area contributed by atoms with Crippen LogP contribution in [0, 0.1) is 5.41 Å². The first-order chi connectivity index (χ1) is 10.9. The second kappa shape index (κ2) is 6.19. The molecule has 0 fully saturated rings. The first kappa shape index (κ1) is 21.3. The van der Waals surface area contributed by atoms with E-state index in [-0.39, 0.29) is 11.6 Å². The molecule has 0 aliphatic heterocycles. The van der Waals surface area contributed by atoms with Gasteiger partial charge in [0.1, 0.15) is 5.69 Å². The molecule has 0 atom stereocenters. The topological polar surface area (TPSA) is 91.3 Å². The third-order valence-electron chi connectivity index (χ3n) is 3.69. The van der Waals surface area contributed by atoms with Gasteiger partial charge in [-0.2, -0.15) is 13.2 Å². The maximum Gasteiger partial charge on any atom is 0.485 e. The molecule has 1 aliphatic rings. The lowest BCUT2D eigenvalue weighted by Crippen LogP contribution is -2.34. The van der Waals surface area contributed by atoms with E-state index in [0.717, 1.165) is 5.69 Å². The van der Waals surface area contributed by atoms with Crippen LogP contribution in [0.4, 0.5) is 18.9 Å². The average Bonchev–Trinajstić information content (AvgIpc) is 2.58. The quantitative estimate of drug-likeness (QED) is 0.322. The fourth-order valence-electron chi connectivity index (χ4n) is 2.11. The number of rotatable bonds is 1. The number of quaternary nitrogens is 1. The summed E-state index contributed by atoms with van der Waals surface area (Å²) in [5.41, 5.74) is -4.37. The Bertz CT molecular complexity index is 821. The third kappa shape index (κ3) is 4.25. The molecule has 0 amide bonds. The molecule has 0 saturated carbocycles. The first-order valence-electron chi connectivity index (χ1n) is 6.98. The van der Waals surface area contributed by atoms with E-state index in [1.807, 2.05) is 33.3 Å². The maximum absolute atomic E-state index is 12.2. The van der Waals surface area contributed by atoms with Crippen LogP contribution in [0.25, 0.3) is 0 Å². The highest BCUT2D eigenvalue weighted by atomic mass is 32.2. The van der Waals surface area contributed by atoms with Crippen LogP contribution in [0.15, 0.2) is 18.2 Å². The van der Waals surface area contributed by atoms with Gasteiger partial charge in [0.2, 0.25) is 0 Å². The second-order valence-corrected chi connectivity index (χ2v) is 8.30. The highest BCUT2D eigenvalue weighted by Gasteiger charge is 2.46. The molecule has 140 valence electrons. The SMILES string of the molecule is CC1(C)C(=O)c2ccc([N+](C)(C)C)cc2C1=O.O=S(=O)([O-])C(F)(F)F. The molecule has 0 heterocycles. The number of halogens is 3. The highest BCUT2D eigenvalue weighted by molar-refractivity contribution is 7.86. The summed E-state index contributed by atoms with van der Waals surface area (Å²) < 4.78 is 59.5. The fourth-order valence-corrected chi connectivity index (χ4v) is 2.11. The van der Waals surface area contributed by atoms with E-state index >= 15 is 0 Å². The minimum absolute atomic E-state index is 0.0622. The zero-order valence-corrected chi connectivity index (χ0v) is 15.1. The van der Waals surface area contributed by atoms with Crippen molar-refractivity contribution in [2.45, 2.75) is 19.4 Å². The van der Waals surface area contributed by atoms with Crippen molar-refractivity contribution in [1.29, 1.82) is 0 Å². The molecule has 0 saturated heterocycles. The normalized spacial score (nSPS) is 17.0. The van der Waals surface area contributed by atoms with Crippen LogP contribution in [0.1, 0.15) is 34.6 Å². The summed E-state index contributed by atoms with van der Waals surface area (Å²) in [5.74, 6) is -0.127. The molecular formula is C15H18F3NO5S. The standard InChI is InChI=1S/C14H18NO2.CHF3O3S/c1-14(2)12(16)10-7-6-9(15(3,4)5)8-11(10)13(14)17;2-1(3,4)8(5,6)7/h6-8H,1-5H3;(H,5,6,7)/q+1;/p-1. The molecule has 1 aromatic rings. The van der Waals surface area contributed by atoms with Crippen molar-refractivity contribution >= 4 is 27.4 Å². The molecule has 2 rings (SSSR count). The minimum Gasteiger partial charge on any atom is -0.741 e. The van der Waals surface area contributed by atoms with Crippen molar-refractivity contribution in [2.24, 2.45) is 5.41 Å². The Morgan fingerprint density at radius 2 is 1.40 bits per heavy atom. The van der Waals surface area contributed by atoms with Crippen LogP contribution in [0.3, 0.4) is 0 Å². The van der Waals surface area contributed by atoms with Gasteiger partial charge >= 0.3 is 5.51 Å². The number of alkyl halides is 3. The number of fused-ring (bicyclic) bond motifs is 1. The van der Waals surface area contributed by atoms with Crippen LogP contribution in [-0.4, -0.2) is 51.2 Å². The summed E-state index contributed by atoms with van der Waals surface area (Å²) in [6.07, 6.45) is 0. The van der Waals surface area contributed by atoms with E-state index in [1.54, 1.807) is 19.9 Å². The van der Waals surface area contributed by atoms with E-state index in [2.05, 4.69) is 0 Å². The van der Waals surface area contributed by atoms with Crippen molar-refractivity contribution in [2.75, 3.05) is 21.1 Å². The fraction of sp³-hybridized carbons (Fsp3) is 0.467. The first-order valence-corrected chi connectivity index (χ1v) is 8.39. The average molecular weight is 381 g/mol. The Labute approximate surface area is 143 Å². The van der Waals surface area contributed by atoms with Crippen molar-refractivity contribution in [3.8, 4) is 0 Å². The lowest BCUT2D eigenvalue weighted by atomic mass is 9.88. The second-order valence-electron chi connectivity index (χ2n) is 6.93. The zero-order chi connectivity index (χ0) is 20.0. The largest absolute Gasteiger partial charge is 0.741 e. The van der Waals surface area contributed by atoms with Gasteiger partial charge in [0.15, 0.2) is 21.7 Å². The number of benzene rings is 1. The molecule has 10 heteroatoms. The zero-order valence-electron chi connectivity index (χ0n) is 14.3. The summed E-state index contributed by atoms with van der Waals surface area (Å²) in [7, 11) is 0.0172. The van der Waals surface area contributed by atoms with Gasteiger partial charge in [0, 0.05) is 17.2 Å². The smallest absolute Gasteiger partial charge is 0.485 e. The Kier molecular flexibility index (Phi) is 5.26. The lowest BCUT2D eigenvalue weighted by Gasteiger charge is -2.23. The van der Waals surface area contributed by atoms with E-state index in [4.69, 9.17) is 13.0 Å². The van der Waals surface area contributed by atoms with Gasteiger partial charge in [-0.25, -0.2) is 8.42 Å². The predicted octanol–water partition coefficient (Wildman–Crippen LogP) is 2.34. The van der Waals surface area contributed by atoms with Crippen LogP contribution < -0.4 is 4.48 Å². The molecule has 0 unspecified atom stereocenters. The minimum atomic E-state index is -6.09. The Morgan fingerprint density at radius 3 is 1.76 bits per heavy atom. The maximum atomic E-state index is 12.2. The van der Waals surface area contributed by atoms with E-state index in [0.29, 0.717) is 15.6 Å². The van der Waals surface area contributed by atoms with Crippen LogP contribution in [0.2, 0.25) is 0 Å². The van der Waals surface area contributed by atoms with Crippen molar-refractivity contribution < 1.29 is 35.7 Å². The summed E-state index contributed by atoms with van der Waals surface area (Å²) in [6.45, 7) is 3.40. The molecule has 6 nitrogen and oxygen atoms in total. The Hall–Kier alpha value is -1.78. The van der Waals surface area contributed by atoms with Gasteiger partial charge < -0.3 is 4.55 Å². The van der Waals surface area contributed by atoms with Crippen molar-refractivity contribution in [3.05, 3.63) is 29.3 Å². The summed E-state index contributed by atoms with van der Waals surface area (Å²) in [4.78, 5) is 24.2. The number of ketones is 2. The van der Waals surface area contributed by atoms with Crippen LogP contribution in [-0.2, 0) is 10.1 Å². The number of nitrogens with zero attached hydrogens (tertiary/aromatic N) is 1. The van der Waals surface area contributed by atoms with E-state index in [9.17, 15) is 22.8 Å². The van der Waals surface area contributed by atoms with Gasteiger partial charge in [0.05, 0.1) is 26.6 Å². The predicted molar refractivity (Wildman–Crippen MR) is 84.2 cm³/mol. The molecule has 1 aliphatic carbocycles. The lowest BCUT2D eigenvalue weighted by molar-refractivity contribution is -0.0517. The monoisotopic (exact) mass is 381 g/mol. The van der Waals surface area contributed by atoms with Crippen molar-refractivity contribution in [1.82, 2.24) is 4.48 Å². The number of hydrogen-bond donors (Lipinski definition) is 0. The van der Waals surface area contributed by atoms with Gasteiger partial charge in [-0.1, -0.05) is 0 Å². The third-order valence-corrected chi connectivity index (χ3v) is 4.25. The van der Waals surface area contributed by atoms with Crippen LogP contribution in [0.5, 0.6) is 0 Å². The van der Waals surface area contributed by atoms with Gasteiger partial charge in [-0.3, -0.25) is 14.1 Å². The summed E-state index contributed by atoms with van der Waals surface area (Å²) in [6, 6.07) is 5.55. The van der Waals surface area contributed by atoms with Gasteiger partial charge in [-0.15, -0.1) is 0 Å². The molecule has 25 heavy (non-hydrogen) atoms. The summed E-state index contributed by atoms with van der Waals surface area (Å²) in [5, 5.41) is 0. The van der Waals surface area contributed by atoms with Gasteiger partial charge in [-0.05, 0) is 26.0 Å². The van der Waals surface area contributed by atoms with E-state index in [1.165, 1.54) is 0 Å². The number of hydrogen-bond acceptors (Lipinski definition) is 5. The highest BCUT2D eigenvalue weighted by Crippen LogP contribution is 2.38. The molecule has 0 bridgehead atoms. The van der Waals surface area contributed by atoms with E-state index < -0.39 is 21.0 Å². The Balaban J connectivity index is 0.000000333. The molecule has 0 aromatic heterocycles. The van der Waals surface area contributed by atoms with Crippen LogP contribution >= 0.6 is 0 Å². The molecular weight excluding hydrogens is 363 g/mol. The Morgan fingerprint density at radius 1 is 1.00 bits per heavy atom. The molecule has 0 N–H and O–H groups in total. The van der Waals surface area contributed by atoms with Crippen molar-refractivity contribution in [3.63, 3.8) is 0 Å². The molecule has 0 spiro atoms. The number of carbonyl (C=O) groups excluding carboxylic acids is 2. The molecule has 0 radical (unpaired) electrons. The summed E-state index contributed by atoms with van der Waals surface area (Å²) >= 11 is 0. The molecule has 1 aromatic carbocycles. The number of carbonyl (C=O) groups is 2. The number of Topliss-reactive ketones (excluding diaryl/α,β-unsaturated/α-hetero) is 2. The van der Waals surface area contributed by atoms with Gasteiger partial charge in [0.25, 0.3) is 0 Å².